The van der Waals surface area contributed by atoms with Crippen LogP contribution in [0.2, 0.25) is 0 Å². The summed E-state index contributed by atoms with van der Waals surface area (Å²) in [4.78, 5) is 33.7. The number of hydrogen-bond donors (Lipinski definition) is 1. The summed E-state index contributed by atoms with van der Waals surface area (Å²) < 4.78 is 0. The number of aromatic nitrogens is 2. The summed E-state index contributed by atoms with van der Waals surface area (Å²) in [5.41, 5.74) is 1.07. The zero-order valence-corrected chi connectivity index (χ0v) is 13.2. The maximum atomic E-state index is 12.8. The van der Waals surface area contributed by atoms with Gasteiger partial charge in [-0.2, -0.15) is 0 Å². The summed E-state index contributed by atoms with van der Waals surface area (Å²) in [7, 11) is 0. The van der Waals surface area contributed by atoms with E-state index in [1.54, 1.807) is 6.33 Å². The molecule has 0 aromatic carbocycles. The molecular formula is C16H20ClN3O2. The van der Waals surface area contributed by atoms with Crippen LogP contribution in [0.4, 0.5) is 0 Å². The van der Waals surface area contributed by atoms with Gasteiger partial charge >= 0.3 is 0 Å². The van der Waals surface area contributed by atoms with Gasteiger partial charge in [0.2, 0.25) is 5.91 Å². The van der Waals surface area contributed by atoms with Crippen LogP contribution in [0.3, 0.4) is 0 Å². The number of aromatic amines is 1. The van der Waals surface area contributed by atoms with Crippen LogP contribution in [0.5, 0.6) is 0 Å². The van der Waals surface area contributed by atoms with E-state index >= 15 is 0 Å². The maximum Gasteiger partial charge on any atom is 0.234 e. The first-order chi connectivity index (χ1) is 10.6. The third kappa shape index (κ3) is 2.09. The minimum atomic E-state index is -0.602. The number of nitrogens with zero attached hydrogens (tertiary/aromatic N) is 2. The van der Waals surface area contributed by atoms with Gasteiger partial charge in [0.15, 0.2) is 0 Å². The average Bonchev–Trinajstić information content (AvgIpc) is 3.21. The third-order valence-corrected chi connectivity index (χ3v) is 6.25. The van der Waals surface area contributed by atoms with E-state index in [0.29, 0.717) is 25.4 Å². The van der Waals surface area contributed by atoms with Crippen molar-refractivity contribution < 1.29 is 9.59 Å². The second-order valence-electron chi connectivity index (χ2n) is 6.90. The molecule has 0 radical (unpaired) electrons. The SMILES string of the molecule is O=C1C2CCC(Cl)(C2)C1C(=O)N1CCC(c2c[nH]cn2)CC1. The van der Waals surface area contributed by atoms with Crippen molar-refractivity contribution in [3.63, 3.8) is 0 Å². The van der Waals surface area contributed by atoms with Crippen molar-refractivity contribution in [3.8, 4) is 0 Å². The number of nitrogens with one attached hydrogen (secondary N) is 1. The molecule has 118 valence electrons. The van der Waals surface area contributed by atoms with Crippen molar-refractivity contribution >= 4 is 23.3 Å². The summed E-state index contributed by atoms with van der Waals surface area (Å²) in [6.07, 6.45) is 7.76. The Morgan fingerprint density at radius 2 is 2.09 bits per heavy atom. The Hall–Kier alpha value is -1.36. The van der Waals surface area contributed by atoms with Gasteiger partial charge in [-0.3, -0.25) is 9.59 Å². The monoisotopic (exact) mass is 321 g/mol. The van der Waals surface area contributed by atoms with E-state index in [2.05, 4.69) is 9.97 Å². The van der Waals surface area contributed by atoms with Crippen molar-refractivity contribution in [1.29, 1.82) is 0 Å². The van der Waals surface area contributed by atoms with E-state index < -0.39 is 10.8 Å². The minimum absolute atomic E-state index is 0.0213. The molecule has 6 heteroatoms. The lowest BCUT2D eigenvalue weighted by atomic mass is 9.85. The summed E-state index contributed by atoms with van der Waals surface area (Å²) in [5.74, 6) is -0.137. The Balaban J connectivity index is 1.43. The molecule has 1 amide bonds. The molecule has 1 saturated heterocycles. The molecular weight excluding hydrogens is 302 g/mol. The number of amides is 1. The van der Waals surface area contributed by atoms with Crippen LogP contribution in [-0.2, 0) is 9.59 Å². The van der Waals surface area contributed by atoms with E-state index in [-0.39, 0.29) is 17.6 Å². The van der Waals surface area contributed by atoms with Gasteiger partial charge in [-0.15, -0.1) is 11.6 Å². The predicted octanol–water partition coefficient (Wildman–Crippen LogP) is 2.09. The summed E-state index contributed by atoms with van der Waals surface area (Å²) in [6, 6.07) is 0. The quantitative estimate of drug-likeness (QED) is 0.670. The van der Waals surface area contributed by atoms with Crippen molar-refractivity contribution in [2.45, 2.75) is 42.9 Å². The molecule has 2 heterocycles. The second-order valence-corrected chi connectivity index (χ2v) is 7.66. The standard InChI is InChI=1S/C16H20ClN3O2/c17-16-4-1-11(7-16)14(21)13(16)15(22)20-5-2-10(3-6-20)12-8-18-9-19-12/h8-11,13H,1-7H2,(H,18,19). The van der Waals surface area contributed by atoms with E-state index in [0.717, 1.165) is 31.4 Å². The number of alkyl halides is 1. The van der Waals surface area contributed by atoms with Crippen molar-refractivity contribution in [2.75, 3.05) is 13.1 Å². The molecule has 2 bridgehead atoms. The predicted molar refractivity (Wildman–Crippen MR) is 81.6 cm³/mol. The molecule has 3 atom stereocenters. The molecule has 2 aliphatic carbocycles. The highest BCUT2D eigenvalue weighted by atomic mass is 35.5. The number of likely N-dealkylation sites (tertiary alicyclic amines) is 1. The molecule has 3 unspecified atom stereocenters. The molecule has 1 N–H and O–H groups in total. The van der Waals surface area contributed by atoms with Crippen LogP contribution >= 0.6 is 11.6 Å². The van der Waals surface area contributed by atoms with Crippen LogP contribution in [0.25, 0.3) is 0 Å². The number of halogens is 1. The van der Waals surface area contributed by atoms with Gasteiger partial charge in [-0.1, -0.05) is 0 Å². The Bertz CT molecular complexity index is 595. The molecule has 1 aliphatic heterocycles. The molecule has 5 nitrogen and oxygen atoms in total. The van der Waals surface area contributed by atoms with Gasteiger partial charge in [0.1, 0.15) is 11.7 Å². The largest absolute Gasteiger partial charge is 0.351 e. The van der Waals surface area contributed by atoms with E-state index in [4.69, 9.17) is 11.6 Å². The summed E-state index contributed by atoms with van der Waals surface area (Å²) in [6.45, 7) is 1.38. The van der Waals surface area contributed by atoms with Gasteiger partial charge in [0.05, 0.1) is 16.9 Å². The second kappa shape index (κ2) is 5.08. The van der Waals surface area contributed by atoms with Crippen LogP contribution in [-0.4, -0.2) is 44.5 Å². The number of rotatable bonds is 2. The van der Waals surface area contributed by atoms with Gasteiger partial charge in [0, 0.05) is 31.1 Å². The first-order valence-electron chi connectivity index (χ1n) is 8.08. The first kappa shape index (κ1) is 14.2. The number of hydrogen-bond acceptors (Lipinski definition) is 3. The Morgan fingerprint density at radius 1 is 1.32 bits per heavy atom. The molecule has 1 aromatic rings. The topological polar surface area (TPSA) is 66.1 Å². The van der Waals surface area contributed by atoms with Crippen molar-refractivity contribution in [3.05, 3.63) is 18.2 Å². The van der Waals surface area contributed by atoms with Crippen LogP contribution < -0.4 is 0 Å². The maximum absolute atomic E-state index is 12.8. The smallest absolute Gasteiger partial charge is 0.234 e. The Labute approximate surface area is 134 Å². The fraction of sp³-hybridized carbons (Fsp3) is 0.688. The number of Topliss-reactive ketones (excluding diaryl/α,β-unsaturated/α-hetero) is 1. The molecule has 2 saturated carbocycles. The lowest BCUT2D eigenvalue weighted by Crippen LogP contribution is -2.49. The number of piperidine rings is 1. The fourth-order valence-electron chi connectivity index (χ4n) is 4.44. The van der Waals surface area contributed by atoms with Gasteiger partial charge in [-0.25, -0.2) is 4.98 Å². The highest BCUT2D eigenvalue weighted by Gasteiger charge is 2.60. The fourth-order valence-corrected chi connectivity index (χ4v) is 4.94. The molecule has 0 spiro atoms. The molecule has 3 fully saturated rings. The zero-order chi connectivity index (χ0) is 15.3. The van der Waals surface area contributed by atoms with E-state index in [1.165, 1.54) is 0 Å². The molecule has 4 rings (SSSR count). The van der Waals surface area contributed by atoms with Crippen LogP contribution in [0.15, 0.2) is 12.5 Å². The molecule has 22 heavy (non-hydrogen) atoms. The normalized spacial score (nSPS) is 35.3. The van der Waals surface area contributed by atoms with Gasteiger partial charge in [-0.05, 0) is 32.1 Å². The highest BCUT2D eigenvalue weighted by Crippen LogP contribution is 2.54. The first-order valence-corrected chi connectivity index (χ1v) is 8.46. The zero-order valence-electron chi connectivity index (χ0n) is 12.4. The summed E-state index contributed by atoms with van der Waals surface area (Å²) >= 11 is 6.60. The lowest BCUT2D eigenvalue weighted by Gasteiger charge is -2.36. The van der Waals surface area contributed by atoms with Crippen LogP contribution in [0.1, 0.15) is 43.7 Å². The van der Waals surface area contributed by atoms with Gasteiger partial charge in [0.25, 0.3) is 0 Å². The Morgan fingerprint density at radius 3 is 2.68 bits per heavy atom. The van der Waals surface area contributed by atoms with Crippen molar-refractivity contribution in [2.24, 2.45) is 11.8 Å². The third-order valence-electron chi connectivity index (χ3n) is 5.69. The minimum Gasteiger partial charge on any atom is -0.351 e. The molecule has 3 aliphatic rings. The highest BCUT2D eigenvalue weighted by molar-refractivity contribution is 6.30. The number of H-pyrrole nitrogens is 1. The lowest BCUT2D eigenvalue weighted by molar-refractivity contribution is -0.143. The number of carbonyl (C=O) groups is 2. The number of fused-ring (bicyclic) bond motifs is 2. The molecule has 1 aromatic heterocycles. The summed E-state index contributed by atoms with van der Waals surface area (Å²) in [5, 5.41) is 0. The Kier molecular flexibility index (Phi) is 3.29. The average molecular weight is 322 g/mol. The number of carbonyl (C=O) groups excluding carboxylic acids is 2. The van der Waals surface area contributed by atoms with Crippen LogP contribution in [0, 0.1) is 11.8 Å². The number of ketones is 1. The van der Waals surface area contributed by atoms with E-state index in [9.17, 15) is 9.59 Å². The number of imidazole rings is 1. The van der Waals surface area contributed by atoms with Gasteiger partial charge < -0.3 is 9.88 Å². The van der Waals surface area contributed by atoms with E-state index in [1.807, 2.05) is 11.1 Å². The van der Waals surface area contributed by atoms with Crippen molar-refractivity contribution in [1.82, 2.24) is 14.9 Å².